The fraction of sp³-hybridized carbons (Fsp3) is 0.429. The van der Waals surface area contributed by atoms with E-state index in [4.69, 9.17) is 0 Å². The summed E-state index contributed by atoms with van der Waals surface area (Å²) in [7, 11) is 0. The van der Waals surface area contributed by atoms with Crippen LogP contribution in [0.5, 0.6) is 0 Å². The number of nitrogens with one attached hydrogen (secondary N) is 1. The Balaban J connectivity index is 3.53. The first-order chi connectivity index (χ1) is 4.66. The number of nitrogens with zero attached hydrogens (tertiary/aromatic N) is 1. The van der Waals surface area contributed by atoms with Crippen LogP contribution in [0.1, 0.15) is 13.8 Å². The van der Waals surface area contributed by atoms with Gasteiger partial charge in [-0.2, -0.15) is 5.10 Å². The molecule has 0 aromatic heterocycles. The molecular formula is C7H12N2O. The van der Waals surface area contributed by atoms with Crippen molar-refractivity contribution in [3.05, 3.63) is 12.7 Å². The van der Waals surface area contributed by atoms with Gasteiger partial charge < -0.3 is 0 Å². The molecule has 0 heterocycles. The predicted octanol–water partition coefficient (Wildman–Crippen LogP) is 0.930. The number of hydrogen-bond acceptors (Lipinski definition) is 2. The lowest BCUT2D eigenvalue weighted by Gasteiger charge is -1.93. The zero-order chi connectivity index (χ0) is 7.98. The van der Waals surface area contributed by atoms with Gasteiger partial charge in [-0.25, -0.2) is 5.43 Å². The van der Waals surface area contributed by atoms with Gasteiger partial charge in [0.2, 0.25) is 0 Å². The van der Waals surface area contributed by atoms with E-state index in [-0.39, 0.29) is 5.91 Å². The van der Waals surface area contributed by atoms with Gasteiger partial charge in [0, 0.05) is 6.21 Å². The van der Waals surface area contributed by atoms with Crippen molar-refractivity contribution in [3.63, 3.8) is 0 Å². The van der Waals surface area contributed by atoms with E-state index in [1.165, 1.54) is 6.08 Å². The third-order valence-corrected chi connectivity index (χ3v) is 0.733. The number of carbonyl (C=O) groups is 1. The second-order valence-electron chi connectivity index (χ2n) is 2.20. The molecule has 0 aliphatic rings. The van der Waals surface area contributed by atoms with E-state index in [2.05, 4.69) is 17.1 Å². The number of rotatable bonds is 3. The molecule has 0 saturated heterocycles. The van der Waals surface area contributed by atoms with Gasteiger partial charge in [0.15, 0.2) is 0 Å². The van der Waals surface area contributed by atoms with E-state index in [0.29, 0.717) is 5.92 Å². The predicted molar refractivity (Wildman–Crippen MR) is 41.7 cm³/mol. The second-order valence-corrected chi connectivity index (χ2v) is 2.20. The molecule has 0 fully saturated rings. The summed E-state index contributed by atoms with van der Waals surface area (Å²) in [5.41, 5.74) is 2.28. The highest BCUT2D eigenvalue weighted by molar-refractivity contribution is 5.87. The van der Waals surface area contributed by atoms with Crippen LogP contribution in [0.4, 0.5) is 0 Å². The zero-order valence-electron chi connectivity index (χ0n) is 6.29. The van der Waals surface area contributed by atoms with Gasteiger partial charge in [0.05, 0.1) is 0 Å². The van der Waals surface area contributed by atoms with Crippen molar-refractivity contribution in [3.8, 4) is 0 Å². The van der Waals surface area contributed by atoms with Crippen molar-refractivity contribution >= 4 is 12.1 Å². The summed E-state index contributed by atoms with van der Waals surface area (Å²) in [6, 6.07) is 0. The van der Waals surface area contributed by atoms with E-state index in [0.717, 1.165) is 0 Å². The molecule has 0 rings (SSSR count). The zero-order valence-corrected chi connectivity index (χ0v) is 6.29. The van der Waals surface area contributed by atoms with Crippen molar-refractivity contribution in [1.29, 1.82) is 0 Å². The standard InChI is InChI=1S/C7H12N2O/c1-4-7(10)9-8-5-6(2)3/h4-6H,1H2,2-3H3,(H,9,10)/b8-5+. The Morgan fingerprint density at radius 2 is 2.30 bits per heavy atom. The maximum absolute atomic E-state index is 10.5. The topological polar surface area (TPSA) is 41.5 Å². The van der Waals surface area contributed by atoms with Crippen molar-refractivity contribution in [2.75, 3.05) is 0 Å². The van der Waals surface area contributed by atoms with Gasteiger partial charge in [-0.05, 0) is 12.0 Å². The Kier molecular flexibility index (Phi) is 4.20. The first-order valence-electron chi connectivity index (χ1n) is 3.12. The Hall–Kier alpha value is -1.12. The van der Waals surface area contributed by atoms with E-state index < -0.39 is 0 Å². The van der Waals surface area contributed by atoms with Gasteiger partial charge in [0.25, 0.3) is 5.91 Å². The van der Waals surface area contributed by atoms with E-state index in [1.807, 2.05) is 13.8 Å². The summed E-state index contributed by atoms with van der Waals surface area (Å²) in [5, 5.41) is 3.65. The monoisotopic (exact) mass is 140 g/mol. The maximum Gasteiger partial charge on any atom is 0.263 e. The van der Waals surface area contributed by atoms with Crippen LogP contribution < -0.4 is 5.43 Å². The Morgan fingerprint density at radius 3 is 2.70 bits per heavy atom. The molecule has 0 aromatic carbocycles. The highest BCUT2D eigenvalue weighted by atomic mass is 16.2. The fourth-order valence-electron chi connectivity index (χ4n) is 0.296. The first-order valence-corrected chi connectivity index (χ1v) is 3.12. The first kappa shape index (κ1) is 8.88. The minimum absolute atomic E-state index is 0.281. The molecule has 0 aromatic rings. The Morgan fingerprint density at radius 1 is 1.70 bits per heavy atom. The molecule has 0 atom stereocenters. The van der Waals surface area contributed by atoms with Crippen molar-refractivity contribution in [1.82, 2.24) is 5.43 Å². The number of amides is 1. The maximum atomic E-state index is 10.5. The van der Waals surface area contributed by atoms with Gasteiger partial charge in [-0.15, -0.1) is 0 Å². The average Bonchev–Trinajstić information content (AvgIpc) is 1.87. The highest BCUT2D eigenvalue weighted by Gasteiger charge is 1.87. The van der Waals surface area contributed by atoms with Crippen LogP contribution in [0, 0.1) is 5.92 Å². The molecule has 3 heteroatoms. The molecule has 0 bridgehead atoms. The average molecular weight is 140 g/mol. The highest BCUT2D eigenvalue weighted by Crippen LogP contribution is 1.82. The smallest absolute Gasteiger partial charge is 0.263 e. The molecule has 0 saturated carbocycles. The summed E-state index contributed by atoms with van der Waals surface area (Å²) in [4.78, 5) is 10.5. The molecule has 0 spiro atoms. The van der Waals surface area contributed by atoms with Crippen molar-refractivity contribution in [2.24, 2.45) is 11.0 Å². The van der Waals surface area contributed by atoms with Crippen LogP contribution in [0.25, 0.3) is 0 Å². The van der Waals surface area contributed by atoms with Crippen molar-refractivity contribution in [2.45, 2.75) is 13.8 Å². The number of hydrogen-bond donors (Lipinski definition) is 1. The molecule has 0 aliphatic heterocycles. The number of hydrazone groups is 1. The summed E-state index contributed by atoms with van der Waals surface area (Å²) >= 11 is 0. The lowest BCUT2D eigenvalue weighted by Crippen LogP contribution is -2.14. The summed E-state index contributed by atoms with van der Waals surface area (Å²) in [6.07, 6.45) is 2.83. The summed E-state index contributed by atoms with van der Waals surface area (Å²) in [6.45, 7) is 7.22. The molecule has 0 unspecified atom stereocenters. The van der Waals surface area contributed by atoms with Crippen LogP contribution >= 0.6 is 0 Å². The van der Waals surface area contributed by atoms with Gasteiger partial charge >= 0.3 is 0 Å². The Bertz CT molecular complexity index is 150. The van der Waals surface area contributed by atoms with Gasteiger partial charge in [0.1, 0.15) is 0 Å². The molecule has 0 radical (unpaired) electrons. The molecular weight excluding hydrogens is 128 g/mol. The van der Waals surface area contributed by atoms with Crippen LogP contribution in [-0.4, -0.2) is 12.1 Å². The molecule has 1 amide bonds. The van der Waals surface area contributed by atoms with E-state index in [9.17, 15) is 4.79 Å². The molecule has 10 heavy (non-hydrogen) atoms. The van der Waals surface area contributed by atoms with Crippen LogP contribution in [0.3, 0.4) is 0 Å². The lowest BCUT2D eigenvalue weighted by molar-refractivity contribution is -0.116. The van der Waals surface area contributed by atoms with E-state index in [1.54, 1.807) is 6.21 Å². The van der Waals surface area contributed by atoms with Gasteiger partial charge in [-0.3, -0.25) is 4.79 Å². The molecule has 3 nitrogen and oxygen atoms in total. The molecule has 56 valence electrons. The lowest BCUT2D eigenvalue weighted by atomic mass is 10.3. The van der Waals surface area contributed by atoms with E-state index >= 15 is 0 Å². The summed E-state index contributed by atoms with van der Waals surface area (Å²) < 4.78 is 0. The SMILES string of the molecule is C=CC(=O)N/N=C/C(C)C. The second kappa shape index (κ2) is 4.73. The van der Waals surface area contributed by atoms with Crippen molar-refractivity contribution < 1.29 is 4.79 Å². The molecule has 0 aliphatic carbocycles. The third kappa shape index (κ3) is 5.03. The van der Waals surface area contributed by atoms with Gasteiger partial charge in [-0.1, -0.05) is 20.4 Å². The van der Waals surface area contributed by atoms with Crippen LogP contribution in [0.2, 0.25) is 0 Å². The third-order valence-electron chi connectivity index (χ3n) is 0.733. The molecule has 1 N–H and O–H groups in total. The Labute approximate surface area is 60.8 Å². The summed E-state index contributed by atoms with van der Waals surface area (Å²) in [5.74, 6) is 0.0713. The van der Waals surface area contributed by atoms with Crippen LogP contribution in [0.15, 0.2) is 17.8 Å². The minimum atomic E-state index is -0.281. The minimum Gasteiger partial charge on any atom is -0.268 e. The van der Waals surface area contributed by atoms with Crippen LogP contribution in [-0.2, 0) is 4.79 Å². The normalized spacial score (nSPS) is 10.3. The quantitative estimate of drug-likeness (QED) is 0.353. The fourth-order valence-corrected chi connectivity index (χ4v) is 0.296. The number of carbonyl (C=O) groups excluding carboxylic acids is 1. The largest absolute Gasteiger partial charge is 0.268 e.